The summed E-state index contributed by atoms with van der Waals surface area (Å²) in [7, 11) is 1.65. The number of nitrogens with one attached hydrogen (secondary N) is 1. The third-order valence-corrected chi connectivity index (χ3v) is 2.13. The highest BCUT2D eigenvalue weighted by atomic mass is 16.2. The molecule has 0 saturated carbocycles. The van der Waals surface area contributed by atoms with E-state index in [-0.39, 0.29) is 5.69 Å². The second-order valence-electron chi connectivity index (χ2n) is 2.93. The Labute approximate surface area is 77.0 Å². The summed E-state index contributed by atoms with van der Waals surface area (Å²) < 4.78 is 3.06. The maximum atomic E-state index is 11.2. The normalized spacial score (nSPS) is 11.5. The Hall–Kier alpha value is -2.18. The lowest BCUT2D eigenvalue weighted by Gasteiger charge is -1.92. The van der Waals surface area contributed by atoms with Gasteiger partial charge in [0.25, 0.3) is 0 Å². The molecule has 0 saturated heterocycles. The zero-order valence-electron chi connectivity index (χ0n) is 7.30. The Morgan fingerprint density at radius 2 is 2.36 bits per heavy atom. The Kier molecular flexibility index (Phi) is 1.13. The Morgan fingerprint density at radius 1 is 1.50 bits per heavy atom. The van der Waals surface area contributed by atoms with Crippen LogP contribution in [-0.2, 0) is 7.05 Å². The molecule has 0 unspecified atom stereocenters. The highest BCUT2D eigenvalue weighted by Gasteiger charge is 2.09. The van der Waals surface area contributed by atoms with Crippen LogP contribution in [0.3, 0.4) is 0 Å². The van der Waals surface area contributed by atoms with E-state index >= 15 is 0 Å². The van der Waals surface area contributed by atoms with E-state index in [0.29, 0.717) is 16.9 Å². The summed E-state index contributed by atoms with van der Waals surface area (Å²) in [6.07, 6.45) is 3.04. The molecular formula is C7H6N6O. The second-order valence-corrected chi connectivity index (χ2v) is 2.93. The summed E-state index contributed by atoms with van der Waals surface area (Å²) in [5.74, 6) is 0.480. The average molecular weight is 190 g/mol. The number of nitrogens with zero attached hydrogens (tertiary/aromatic N) is 5. The van der Waals surface area contributed by atoms with Crippen molar-refractivity contribution < 1.29 is 0 Å². The fraction of sp³-hybridized carbons (Fsp3) is 0.143. The predicted molar refractivity (Wildman–Crippen MR) is 47.9 cm³/mol. The summed E-state index contributed by atoms with van der Waals surface area (Å²) in [5, 5.41) is 0. The lowest BCUT2D eigenvalue weighted by molar-refractivity contribution is 0.694. The van der Waals surface area contributed by atoms with Crippen LogP contribution >= 0.6 is 0 Å². The van der Waals surface area contributed by atoms with E-state index in [1.165, 1.54) is 11.0 Å². The van der Waals surface area contributed by atoms with E-state index in [9.17, 15) is 4.79 Å². The number of aromatic nitrogens is 6. The number of rotatable bonds is 0. The van der Waals surface area contributed by atoms with Gasteiger partial charge >= 0.3 is 5.69 Å². The second kappa shape index (κ2) is 2.19. The van der Waals surface area contributed by atoms with E-state index < -0.39 is 0 Å². The molecule has 3 aromatic rings. The first-order chi connectivity index (χ1) is 6.77. The van der Waals surface area contributed by atoms with Gasteiger partial charge in [0.05, 0.1) is 6.20 Å². The molecule has 14 heavy (non-hydrogen) atoms. The number of aromatic amines is 1. The van der Waals surface area contributed by atoms with Crippen LogP contribution in [0.5, 0.6) is 0 Å². The monoisotopic (exact) mass is 190 g/mol. The van der Waals surface area contributed by atoms with Gasteiger partial charge in [-0.2, -0.15) is 4.98 Å². The maximum Gasteiger partial charge on any atom is 0.343 e. The minimum absolute atomic E-state index is 0.210. The maximum absolute atomic E-state index is 11.2. The molecule has 0 aromatic carbocycles. The zero-order chi connectivity index (χ0) is 9.71. The van der Waals surface area contributed by atoms with Gasteiger partial charge in [-0.05, 0) is 0 Å². The first-order valence-electron chi connectivity index (χ1n) is 4.01. The molecule has 0 aliphatic rings. The van der Waals surface area contributed by atoms with E-state index in [1.807, 2.05) is 0 Å². The van der Waals surface area contributed by atoms with Crippen LogP contribution in [0.4, 0.5) is 0 Å². The molecule has 0 bridgehead atoms. The first kappa shape index (κ1) is 7.25. The predicted octanol–water partition coefficient (Wildman–Crippen LogP) is -0.696. The molecule has 3 heterocycles. The molecule has 0 fully saturated rings. The number of H-pyrrole nitrogens is 1. The van der Waals surface area contributed by atoms with Crippen molar-refractivity contribution in [3.63, 3.8) is 0 Å². The topological polar surface area (TPSA) is 80.9 Å². The summed E-state index contributed by atoms with van der Waals surface area (Å²) in [6.45, 7) is 0. The molecule has 0 atom stereocenters. The van der Waals surface area contributed by atoms with Gasteiger partial charge in [-0.3, -0.25) is 4.98 Å². The number of imidazole rings is 1. The van der Waals surface area contributed by atoms with Gasteiger partial charge in [0.1, 0.15) is 11.8 Å². The highest BCUT2D eigenvalue weighted by molar-refractivity contribution is 5.73. The summed E-state index contributed by atoms with van der Waals surface area (Å²) in [5.41, 5.74) is 1.07. The molecule has 7 heteroatoms. The van der Waals surface area contributed by atoms with Gasteiger partial charge in [-0.15, -0.1) is 0 Å². The smallest absolute Gasteiger partial charge is 0.274 e. The number of hydrogen-bond donors (Lipinski definition) is 1. The Balaban J connectivity index is 2.69. The number of hydrogen-bond acceptors (Lipinski definition) is 4. The summed E-state index contributed by atoms with van der Waals surface area (Å²) in [6, 6.07) is 0. The quantitative estimate of drug-likeness (QED) is 0.508. The molecule has 1 N–H and O–H groups in total. The fourth-order valence-corrected chi connectivity index (χ4v) is 1.47. The largest absolute Gasteiger partial charge is 0.343 e. The molecule has 7 nitrogen and oxygen atoms in total. The third-order valence-electron chi connectivity index (χ3n) is 2.13. The molecule has 70 valence electrons. The van der Waals surface area contributed by atoms with E-state index in [4.69, 9.17) is 0 Å². The average Bonchev–Trinajstić information content (AvgIpc) is 2.65. The van der Waals surface area contributed by atoms with Crippen molar-refractivity contribution in [3.8, 4) is 0 Å². The van der Waals surface area contributed by atoms with Crippen LogP contribution in [0.1, 0.15) is 0 Å². The highest BCUT2D eigenvalue weighted by Crippen LogP contribution is 2.08. The van der Waals surface area contributed by atoms with Crippen molar-refractivity contribution in [2.75, 3.05) is 0 Å². The zero-order valence-corrected chi connectivity index (χ0v) is 7.30. The molecule has 3 aromatic heterocycles. The SMILES string of the molecule is Cn1c(=O)[nH]c2nc3ncncc3n21. The molecule has 0 amide bonds. The van der Waals surface area contributed by atoms with Gasteiger partial charge in [-0.25, -0.2) is 24.0 Å². The van der Waals surface area contributed by atoms with Crippen LogP contribution < -0.4 is 5.69 Å². The fourth-order valence-electron chi connectivity index (χ4n) is 1.47. The molecule has 0 aliphatic carbocycles. The molecule has 0 radical (unpaired) electrons. The first-order valence-corrected chi connectivity index (χ1v) is 4.01. The van der Waals surface area contributed by atoms with Gasteiger partial charge in [0, 0.05) is 7.05 Å². The van der Waals surface area contributed by atoms with E-state index in [1.54, 1.807) is 17.8 Å². The number of aryl methyl sites for hydroxylation is 1. The molecule has 3 rings (SSSR count). The lowest BCUT2D eigenvalue weighted by atomic mass is 10.6. The van der Waals surface area contributed by atoms with Crippen molar-refractivity contribution in [2.24, 2.45) is 7.05 Å². The molecule has 0 spiro atoms. The van der Waals surface area contributed by atoms with Crippen LogP contribution in [0.25, 0.3) is 16.9 Å². The van der Waals surface area contributed by atoms with Gasteiger partial charge in [-0.1, -0.05) is 0 Å². The third kappa shape index (κ3) is 0.709. The van der Waals surface area contributed by atoms with Crippen molar-refractivity contribution in [3.05, 3.63) is 23.0 Å². The number of fused-ring (bicyclic) bond motifs is 3. The van der Waals surface area contributed by atoms with Crippen molar-refractivity contribution in [1.29, 1.82) is 0 Å². The standard InChI is InChI=1S/C7H6N6O/c1-12-7(14)11-6-10-5-4(13(6)12)2-8-3-9-5/h2-3H,1H3,(H,8,9,10,11,14). The Morgan fingerprint density at radius 3 is 3.21 bits per heavy atom. The van der Waals surface area contributed by atoms with E-state index in [0.717, 1.165) is 0 Å². The van der Waals surface area contributed by atoms with Crippen LogP contribution in [-0.4, -0.2) is 29.1 Å². The van der Waals surface area contributed by atoms with Crippen molar-refractivity contribution in [2.45, 2.75) is 0 Å². The van der Waals surface area contributed by atoms with Crippen molar-refractivity contribution in [1.82, 2.24) is 29.1 Å². The minimum atomic E-state index is -0.210. The molecule has 0 aliphatic heterocycles. The van der Waals surface area contributed by atoms with Crippen LogP contribution in [0, 0.1) is 0 Å². The lowest BCUT2D eigenvalue weighted by Crippen LogP contribution is -2.16. The summed E-state index contributed by atoms with van der Waals surface area (Å²) in [4.78, 5) is 25.9. The summed E-state index contributed by atoms with van der Waals surface area (Å²) >= 11 is 0. The molecular weight excluding hydrogens is 184 g/mol. The van der Waals surface area contributed by atoms with Gasteiger partial charge in [0.15, 0.2) is 5.65 Å². The van der Waals surface area contributed by atoms with Crippen LogP contribution in [0.2, 0.25) is 0 Å². The van der Waals surface area contributed by atoms with Crippen molar-refractivity contribution >= 4 is 16.9 Å². The van der Waals surface area contributed by atoms with Gasteiger partial charge < -0.3 is 0 Å². The van der Waals surface area contributed by atoms with Crippen LogP contribution in [0.15, 0.2) is 17.3 Å². The minimum Gasteiger partial charge on any atom is -0.274 e. The van der Waals surface area contributed by atoms with Gasteiger partial charge in [0.2, 0.25) is 5.78 Å². The van der Waals surface area contributed by atoms with E-state index in [2.05, 4.69) is 19.9 Å². The Bertz CT molecular complexity index is 674.